The highest BCUT2D eigenvalue weighted by Gasteiger charge is 2.51. The first kappa shape index (κ1) is 13.9. The molecule has 0 aliphatic heterocycles. The number of nitrogens with one attached hydrogen (secondary N) is 1. The van der Waals surface area contributed by atoms with Gasteiger partial charge in [0.1, 0.15) is 5.54 Å². The maximum Gasteiger partial charge on any atom is 0.329 e. The average molecular weight is 279 g/mol. The fourth-order valence-electron chi connectivity index (χ4n) is 1.78. The fraction of sp³-hybridized carbons (Fsp3) is 0.429. The zero-order valence-corrected chi connectivity index (χ0v) is 11.6. The Bertz CT molecular complexity index is 480. The molecule has 0 radical (unpaired) electrons. The molecule has 0 bridgehead atoms. The second kappa shape index (κ2) is 5.65. The molecular formula is C14H17NO3S. The number of carboxylic acids is 1. The van der Waals surface area contributed by atoms with Crippen molar-refractivity contribution in [3.63, 3.8) is 0 Å². The first-order chi connectivity index (χ1) is 9.07. The van der Waals surface area contributed by atoms with E-state index in [9.17, 15) is 9.59 Å². The zero-order chi connectivity index (χ0) is 13.9. The molecule has 1 amide bonds. The monoisotopic (exact) mass is 279 g/mol. The Hall–Kier alpha value is -1.49. The van der Waals surface area contributed by atoms with Crippen LogP contribution in [0.25, 0.3) is 0 Å². The maximum atomic E-state index is 12.0. The van der Waals surface area contributed by atoms with Crippen LogP contribution in [0, 0.1) is 0 Å². The molecule has 0 heterocycles. The van der Waals surface area contributed by atoms with Crippen molar-refractivity contribution >= 4 is 23.6 Å². The van der Waals surface area contributed by atoms with E-state index in [4.69, 9.17) is 5.11 Å². The minimum Gasteiger partial charge on any atom is -0.480 e. The van der Waals surface area contributed by atoms with Crippen LogP contribution in [0.15, 0.2) is 24.3 Å². The Kier molecular flexibility index (Phi) is 4.14. The zero-order valence-electron chi connectivity index (χ0n) is 10.8. The van der Waals surface area contributed by atoms with Crippen molar-refractivity contribution in [2.75, 3.05) is 5.75 Å². The summed E-state index contributed by atoms with van der Waals surface area (Å²) in [5.74, 6) is 0.729. The number of hydrogen-bond donors (Lipinski definition) is 2. The van der Waals surface area contributed by atoms with E-state index >= 15 is 0 Å². The molecule has 2 rings (SSSR count). The number of carbonyl (C=O) groups is 2. The molecule has 1 aromatic rings. The van der Waals surface area contributed by atoms with Crippen molar-refractivity contribution in [3.8, 4) is 0 Å². The molecule has 0 saturated heterocycles. The van der Waals surface area contributed by atoms with Crippen molar-refractivity contribution in [2.45, 2.75) is 31.1 Å². The topological polar surface area (TPSA) is 66.4 Å². The number of thioether (sulfide) groups is 1. The van der Waals surface area contributed by atoms with Gasteiger partial charge in [-0.25, -0.2) is 4.79 Å². The SMILES string of the molecule is CCSCc1ccc(C(=O)NC2(C(=O)O)CC2)cc1. The lowest BCUT2D eigenvalue weighted by molar-refractivity contribution is -0.140. The largest absolute Gasteiger partial charge is 0.480 e. The van der Waals surface area contributed by atoms with Crippen molar-refractivity contribution in [1.82, 2.24) is 5.32 Å². The molecule has 2 N–H and O–H groups in total. The predicted octanol–water partition coefficient (Wildman–Crippen LogP) is 2.29. The molecule has 0 unspecified atom stereocenters. The van der Waals surface area contributed by atoms with Crippen LogP contribution in [-0.4, -0.2) is 28.3 Å². The molecule has 0 aromatic heterocycles. The lowest BCUT2D eigenvalue weighted by atomic mass is 10.1. The standard InChI is InChI=1S/C14H17NO3S/c1-2-19-9-10-3-5-11(6-4-10)12(16)15-14(7-8-14)13(17)18/h3-6H,2,7-9H2,1H3,(H,15,16)(H,17,18). The van der Waals surface area contributed by atoms with E-state index < -0.39 is 11.5 Å². The Morgan fingerprint density at radius 3 is 2.42 bits per heavy atom. The molecule has 19 heavy (non-hydrogen) atoms. The Morgan fingerprint density at radius 2 is 1.95 bits per heavy atom. The second-order valence-electron chi connectivity index (χ2n) is 4.68. The molecular weight excluding hydrogens is 262 g/mol. The highest BCUT2D eigenvalue weighted by atomic mass is 32.2. The Labute approximate surface area is 116 Å². The van der Waals surface area contributed by atoms with Crippen LogP contribution in [-0.2, 0) is 10.5 Å². The maximum absolute atomic E-state index is 12.0. The predicted molar refractivity (Wildman–Crippen MR) is 75.3 cm³/mol. The first-order valence-corrected chi connectivity index (χ1v) is 7.45. The van der Waals surface area contributed by atoms with Gasteiger partial charge in [0.05, 0.1) is 0 Å². The van der Waals surface area contributed by atoms with Crippen LogP contribution in [0.1, 0.15) is 35.7 Å². The second-order valence-corrected chi connectivity index (χ2v) is 5.95. The van der Waals surface area contributed by atoms with Gasteiger partial charge in [-0.1, -0.05) is 19.1 Å². The molecule has 0 spiro atoms. The van der Waals surface area contributed by atoms with Crippen molar-refractivity contribution in [3.05, 3.63) is 35.4 Å². The van der Waals surface area contributed by atoms with E-state index in [1.165, 1.54) is 5.56 Å². The number of rotatable bonds is 6. The molecule has 4 nitrogen and oxygen atoms in total. The minimum absolute atomic E-state index is 0.311. The summed E-state index contributed by atoms with van der Waals surface area (Å²) in [6, 6.07) is 7.33. The van der Waals surface area contributed by atoms with Gasteiger partial charge in [-0.2, -0.15) is 11.8 Å². The molecule has 1 fully saturated rings. The van der Waals surface area contributed by atoms with E-state index in [2.05, 4.69) is 12.2 Å². The van der Waals surface area contributed by atoms with Crippen LogP contribution in [0.2, 0.25) is 0 Å². The van der Waals surface area contributed by atoms with Gasteiger partial charge < -0.3 is 10.4 Å². The summed E-state index contributed by atoms with van der Waals surface area (Å²) in [6.45, 7) is 2.10. The molecule has 1 saturated carbocycles. The highest BCUT2D eigenvalue weighted by Crippen LogP contribution is 2.35. The summed E-state index contributed by atoms with van der Waals surface area (Å²) in [4.78, 5) is 23.0. The summed E-state index contributed by atoms with van der Waals surface area (Å²) < 4.78 is 0. The van der Waals surface area contributed by atoms with Gasteiger partial charge in [0, 0.05) is 11.3 Å². The first-order valence-electron chi connectivity index (χ1n) is 6.30. The molecule has 5 heteroatoms. The van der Waals surface area contributed by atoms with E-state index in [0.717, 1.165) is 11.5 Å². The smallest absolute Gasteiger partial charge is 0.329 e. The third kappa shape index (κ3) is 3.29. The van der Waals surface area contributed by atoms with Gasteiger partial charge in [0.2, 0.25) is 0 Å². The normalized spacial score (nSPS) is 15.8. The van der Waals surface area contributed by atoms with Crippen molar-refractivity contribution < 1.29 is 14.7 Å². The van der Waals surface area contributed by atoms with E-state index in [0.29, 0.717) is 18.4 Å². The quantitative estimate of drug-likeness (QED) is 0.838. The van der Waals surface area contributed by atoms with Crippen LogP contribution in [0.3, 0.4) is 0 Å². The molecule has 1 aliphatic carbocycles. The fourth-order valence-corrected chi connectivity index (χ4v) is 2.41. The number of carboxylic acid groups (broad SMARTS) is 1. The average Bonchev–Trinajstić information content (AvgIpc) is 3.18. The van der Waals surface area contributed by atoms with Crippen LogP contribution in [0.5, 0.6) is 0 Å². The molecule has 1 aromatic carbocycles. The molecule has 0 atom stereocenters. The molecule has 102 valence electrons. The van der Waals surface area contributed by atoms with Gasteiger partial charge in [0.15, 0.2) is 0 Å². The number of aliphatic carboxylic acids is 1. The highest BCUT2D eigenvalue weighted by molar-refractivity contribution is 7.98. The van der Waals surface area contributed by atoms with Gasteiger partial charge in [-0.3, -0.25) is 4.79 Å². The third-order valence-corrected chi connectivity index (χ3v) is 4.15. The van der Waals surface area contributed by atoms with E-state index in [-0.39, 0.29) is 5.91 Å². The third-order valence-electron chi connectivity index (χ3n) is 3.20. The van der Waals surface area contributed by atoms with Gasteiger partial charge in [0.25, 0.3) is 5.91 Å². The molecule has 1 aliphatic rings. The van der Waals surface area contributed by atoms with Gasteiger partial charge in [-0.05, 0) is 36.3 Å². The summed E-state index contributed by atoms with van der Waals surface area (Å²) in [7, 11) is 0. The summed E-state index contributed by atoms with van der Waals surface area (Å²) in [6.07, 6.45) is 1.03. The van der Waals surface area contributed by atoms with Gasteiger partial charge >= 0.3 is 5.97 Å². The lowest BCUT2D eigenvalue weighted by Gasteiger charge is -2.12. The summed E-state index contributed by atoms with van der Waals surface area (Å²) >= 11 is 1.82. The lowest BCUT2D eigenvalue weighted by Crippen LogP contribution is -2.43. The minimum atomic E-state index is -1.02. The van der Waals surface area contributed by atoms with Crippen LogP contribution in [0.4, 0.5) is 0 Å². The number of hydrogen-bond acceptors (Lipinski definition) is 3. The van der Waals surface area contributed by atoms with E-state index in [1.807, 2.05) is 23.9 Å². The summed E-state index contributed by atoms with van der Waals surface area (Å²) in [5, 5.41) is 11.6. The Balaban J connectivity index is 1.98. The van der Waals surface area contributed by atoms with Crippen LogP contribution >= 0.6 is 11.8 Å². The van der Waals surface area contributed by atoms with Crippen molar-refractivity contribution in [1.29, 1.82) is 0 Å². The number of carbonyl (C=O) groups excluding carboxylic acids is 1. The van der Waals surface area contributed by atoms with E-state index in [1.54, 1.807) is 12.1 Å². The van der Waals surface area contributed by atoms with Gasteiger partial charge in [-0.15, -0.1) is 0 Å². The Morgan fingerprint density at radius 1 is 1.32 bits per heavy atom. The number of benzene rings is 1. The summed E-state index contributed by atoms with van der Waals surface area (Å²) in [5.41, 5.74) is 0.661. The number of amides is 1. The van der Waals surface area contributed by atoms with Crippen molar-refractivity contribution in [2.24, 2.45) is 0 Å². The van der Waals surface area contributed by atoms with Crippen LogP contribution < -0.4 is 5.32 Å².